The van der Waals surface area contributed by atoms with Crippen LogP contribution in [-0.4, -0.2) is 67.0 Å². The number of unbranched alkanes of at least 4 members (excludes halogenated alkanes) is 2. The standard InChI is InChI=1S/C12H18N2O.3C7H8.C6H14N2O2.C3H8O3S2.8C2H6.Na/c13-9-5-4-8-12(10-15)14-11-6-2-1-3-7-11;3*1-7-5-3-2-4-6-7;7-4-2-1-3-5(8)6(9)10;4-8(5,6)3-1-2-7;8*1-2;/h1-3,6-7,10,12,14H,4-5,8-9,13H2;3*2-6H,1H3;5H,1-4,7-8H2,(H,9,10);7H,1-3H2,(H,4,5,6);8*1-2H3;/q;;;;;;;;;;;;;;+1/p-1/t12-;;;;;;;;;;;;;;/m1............../s1. The van der Waals surface area contributed by atoms with Crippen LogP contribution in [0.15, 0.2) is 121 Å². The second-order valence-electron chi connectivity index (χ2n) is 12.1. The molecule has 0 heterocycles. The van der Waals surface area contributed by atoms with Gasteiger partial charge in [0.1, 0.15) is 12.3 Å². The Kier molecular flexibility index (Phi) is 119. The number of anilines is 1. The molecule has 0 radical (unpaired) electrons. The van der Waals surface area contributed by atoms with Crippen LogP contribution >= 0.6 is 12.6 Å². The average molecular weight is 1050 g/mol. The zero-order valence-corrected chi connectivity index (χ0v) is 52.8. The SMILES string of the molecule is CC.CC.CC.CC.CC.CC.CC.CC.Cc1ccccc1.Cc1ccccc1.Cc1ccccc1.NCCCCC(N)C(=O)O.NCCCC[C@H](C=O)Nc1ccccc1.O=S(=O)([O-])CCCS.[Na+]. The molecule has 2 atom stereocenters. The molecule has 4 aromatic carbocycles. The van der Waals surface area contributed by atoms with Crippen LogP contribution in [-0.2, 0) is 19.7 Å². The number of carboxylic acid groups (broad SMARTS) is 1. The predicted molar refractivity (Wildman–Crippen MR) is 319 cm³/mol. The molecule has 0 aromatic heterocycles. The third-order valence-electron chi connectivity index (χ3n) is 6.92. The van der Waals surface area contributed by atoms with E-state index in [1.165, 1.54) is 16.7 Å². The second-order valence-corrected chi connectivity index (χ2v) is 14.0. The number of benzene rings is 4. The summed E-state index contributed by atoms with van der Waals surface area (Å²) < 4.78 is 29.4. The topological polar surface area (TPSA) is 202 Å². The van der Waals surface area contributed by atoms with Gasteiger partial charge < -0.3 is 37.0 Å². The van der Waals surface area contributed by atoms with Gasteiger partial charge >= 0.3 is 35.5 Å². The van der Waals surface area contributed by atoms with Gasteiger partial charge in [-0.3, -0.25) is 4.79 Å². The molecular weight excluding hydrogens is 936 g/mol. The number of aryl methyl sites for hydroxylation is 3. The van der Waals surface area contributed by atoms with Crippen molar-refractivity contribution in [1.29, 1.82) is 0 Å². The third-order valence-corrected chi connectivity index (χ3v) is 8.02. The quantitative estimate of drug-likeness (QED) is 0.0219. The summed E-state index contributed by atoms with van der Waals surface area (Å²) in [6, 6.07) is 39.7. The van der Waals surface area contributed by atoms with Crippen LogP contribution in [0.3, 0.4) is 0 Å². The van der Waals surface area contributed by atoms with E-state index in [0.29, 0.717) is 31.7 Å². The Morgan fingerprint density at radius 2 is 0.845 bits per heavy atom. The molecule has 1 unspecified atom stereocenters. The van der Waals surface area contributed by atoms with E-state index < -0.39 is 22.1 Å². The van der Waals surface area contributed by atoms with E-state index in [9.17, 15) is 22.6 Å². The summed E-state index contributed by atoms with van der Waals surface area (Å²) in [6.07, 6.45) is 6.27. The molecule has 71 heavy (non-hydrogen) atoms. The molecule has 0 saturated carbocycles. The van der Waals surface area contributed by atoms with Crippen LogP contribution in [0, 0.1) is 20.8 Å². The molecule has 412 valence electrons. The first-order valence-electron chi connectivity index (χ1n) is 26.0. The maximum Gasteiger partial charge on any atom is 1.00 e. The zero-order valence-electron chi connectivity index (χ0n) is 49.1. The minimum Gasteiger partial charge on any atom is -0.748 e. The maximum absolute atomic E-state index is 10.8. The number of hydrogen-bond acceptors (Lipinski definition) is 10. The van der Waals surface area contributed by atoms with Crippen LogP contribution in [0.4, 0.5) is 5.69 Å². The minimum absolute atomic E-state index is 0. The molecule has 4 aromatic rings. The maximum atomic E-state index is 10.8. The number of aliphatic carboxylic acids is 1. The van der Waals surface area contributed by atoms with Gasteiger partial charge in [0.15, 0.2) is 0 Å². The molecule has 13 heteroatoms. The van der Waals surface area contributed by atoms with Crippen molar-refractivity contribution in [2.45, 2.75) is 189 Å². The van der Waals surface area contributed by atoms with Crippen LogP contribution in [0.1, 0.15) is 172 Å². The second kappa shape index (κ2) is 89.8. The molecule has 0 aliphatic rings. The minimum atomic E-state index is -3.99. The first-order chi connectivity index (χ1) is 33.8. The smallest absolute Gasteiger partial charge is 0.748 e. The molecule has 10 nitrogen and oxygen atoms in total. The summed E-state index contributed by atoms with van der Waals surface area (Å²) in [5.74, 6) is -0.783. The number of thiol groups is 1. The van der Waals surface area contributed by atoms with Gasteiger partial charge in [0.25, 0.3) is 0 Å². The van der Waals surface area contributed by atoms with Crippen molar-refractivity contribution in [3.05, 3.63) is 138 Å². The Hall–Kier alpha value is -3.04. The summed E-state index contributed by atoms with van der Waals surface area (Å²) >= 11 is 3.73. The number of hydrogen-bond donors (Lipinski definition) is 6. The number of carboxylic acids is 1. The zero-order chi connectivity index (χ0) is 56.9. The van der Waals surface area contributed by atoms with Gasteiger partial charge in [0.2, 0.25) is 0 Å². The molecule has 0 saturated heterocycles. The van der Waals surface area contributed by atoms with Crippen molar-refractivity contribution in [2.24, 2.45) is 17.2 Å². The molecule has 4 rings (SSSR count). The number of carbonyl (C=O) groups is 2. The van der Waals surface area contributed by atoms with Crippen molar-refractivity contribution in [3.63, 3.8) is 0 Å². The van der Waals surface area contributed by atoms with Crippen LogP contribution in [0.5, 0.6) is 0 Å². The first-order valence-corrected chi connectivity index (χ1v) is 28.2. The first kappa shape index (κ1) is 93.9. The fourth-order valence-corrected chi connectivity index (χ4v) is 4.78. The van der Waals surface area contributed by atoms with E-state index in [-0.39, 0.29) is 41.4 Å². The summed E-state index contributed by atoms with van der Waals surface area (Å²) in [7, 11) is -3.99. The summed E-state index contributed by atoms with van der Waals surface area (Å²) in [6.45, 7) is 39.5. The summed E-state index contributed by atoms with van der Waals surface area (Å²) in [5.41, 5.74) is 20.8. The molecule has 0 spiro atoms. The molecule has 0 amide bonds. The monoisotopic (exact) mass is 1050 g/mol. The molecular formula is C58H111N4NaO6S2. The van der Waals surface area contributed by atoms with Crippen molar-refractivity contribution >= 4 is 40.7 Å². The van der Waals surface area contributed by atoms with Crippen molar-refractivity contribution in [3.8, 4) is 0 Å². The van der Waals surface area contributed by atoms with E-state index in [0.717, 1.165) is 44.1 Å². The van der Waals surface area contributed by atoms with Gasteiger partial charge in [0.05, 0.1) is 16.2 Å². The van der Waals surface area contributed by atoms with Crippen molar-refractivity contribution in [2.75, 3.05) is 29.9 Å². The number of aldehydes is 1. The Balaban J connectivity index is -0.0000000647. The van der Waals surface area contributed by atoms with Crippen LogP contribution in [0.25, 0.3) is 0 Å². The van der Waals surface area contributed by atoms with Crippen LogP contribution in [0.2, 0.25) is 0 Å². The normalized spacial score (nSPS) is 8.96. The van der Waals surface area contributed by atoms with E-state index in [4.69, 9.17) is 22.3 Å². The van der Waals surface area contributed by atoms with Gasteiger partial charge in [-0.2, -0.15) is 12.6 Å². The van der Waals surface area contributed by atoms with Crippen molar-refractivity contribution < 1.29 is 57.2 Å². The summed E-state index contributed by atoms with van der Waals surface area (Å²) in [4.78, 5) is 20.9. The predicted octanol–water partition coefficient (Wildman–Crippen LogP) is 12.4. The molecule has 0 aliphatic heterocycles. The largest absolute Gasteiger partial charge is 1.00 e. The van der Waals surface area contributed by atoms with Crippen molar-refractivity contribution in [1.82, 2.24) is 0 Å². The van der Waals surface area contributed by atoms with E-state index in [2.05, 4.69) is 75.1 Å². The fraction of sp³-hybridized carbons (Fsp3) is 0.552. The van der Waals surface area contributed by atoms with Gasteiger partial charge in [0, 0.05) is 11.4 Å². The van der Waals surface area contributed by atoms with Gasteiger partial charge in [-0.15, -0.1) is 0 Å². The fourth-order valence-electron chi connectivity index (χ4n) is 3.91. The average Bonchev–Trinajstić information content (AvgIpc) is 3.42. The van der Waals surface area contributed by atoms with Gasteiger partial charge in [-0.25, -0.2) is 8.42 Å². The molecule has 8 N–H and O–H groups in total. The van der Waals surface area contributed by atoms with E-state index in [1.807, 2.05) is 196 Å². The Bertz CT molecular complexity index is 1440. The Labute approximate surface area is 468 Å². The molecule has 0 aliphatic carbocycles. The number of para-hydroxylation sites is 1. The van der Waals surface area contributed by atoms with Gasteiger partial charge in [-0.1, -0.05) is 243 Å². The molecule has 0 fully saturated rings. The Morgan fingerprint density at radius 3 is 1.04 bits per heavy atom. The number of nitrogens with two attached hydrogens (primary N) is 3. The van der Waals surface area contributed by atoms with Gasteiger partial charge in [-0.05, 0) is 90.3 Å². The summed E-state index contributed by atoms with van der Waals surface area (Å²) in [5, 5.41) is 11.5. The third kappa shape index (κ3) is 97.0. The number of carbonyl (C=O) groups excluding carboxylic acids is 1. The van der Waals surface area contributed by atoms with Crippen LogP contribution < -0.4 is 52.1 Å². The molecule has 0 bridgehead atoms. The number of rotatable bonds is 15. The van der Waals surface area contributed by atoms with E-state index >= 15 is 0 Å². The number of nitrogens with one attached hydrogen (secondary N) is 1. The van der Waals surface area contributed by atoms with E-state index in [1.54, 1.807) is 0 Å². The Morgan fingerprint density at radius 1 is 0.563 bits per heavy atom.